The molecule has 0 aromatic heterocycles. The van der Waals surface area contributed by atoms with Gasteiger partial charge in [-0.25, -0.2) is 8.42 Å². The SMILES string of the molecule is CNC(=O)[C@H](Cc1ccccc1)N(Cc1ccc(Cl)cc1)C(=O)CN(c1cc(C)cc(C)c1)S(=O)(=O)c1ccc(C)cc1. The summed E-state index contributed by atoms with van der Waals surface area (Å²) in [4.78, 5) is 29.2. The zero-order valence-corrected chi connectivity index (χ0v) is 26.3. The third kappa shape index (κ3) is 8.03. The predicted octanol–water partition coefficient (Wildman–Crippen LogP) is 5.85. The average molecular weight is 618 g/mol. The summed E-state index contributed by atoms with van der Waals surface area (Å²) in [6.45, 7) is 5.20. The van der Waals surface area contributed by atoms with Gasteiger partial charge < -0.3 is 10.2 Å². The van der Waals surface area contributed by atoms with Crippen LogP contribution in [-0.2, 0) is 32.6 Å². The first-order valence-corrected chi connectivity index (χ1v) is 15.8. The van der Waals surface area contributed by atoms with E-state index in [9.17, 15) is 18.0 Å². The van der Waals surface area contributed by atoms with Crippen molar-refractivity contribution in [3.8, 4) is 0 Å². The van der Waals surface area contributed by atoms with Gasteiger partial charge in [0.05, 0.1) is 10.6 Å². The molecule has 0 saturated carbocycles. The smallest absolute Gasteiger partial charge is 0.264 e. The molecule has 1 atom stereocenters. The highest BCUT2D eigenvalue weighted by Crippen LogP contribution is 2.27. The number of aryl methyl sites for hydroxylation is 3. The van der Waals surface area contributed by atoms with E-state index in [0.29, 0.717) is 10.7 Å². The third-order valence-electron chi connectivity index (χ3n) is 7.17. The Balaban J connectivity index is 1.80. The maximum atomic E-state index is 14.4. The number of sulfonamides is 1. The molecule has 4 aromatic rings. The first kappa shape index (κ1) is 31.8. The lowest BCUT2D eigenvalue weighted by Gasteiger charge is -2.33. The Bertz CT molecular complexity index is 1660. The fraction of sp³-hybridized carbons (Fsp3) is 0.235. The summed E-state index contributed by atoms with van der Waals surface area (Å²) < 4.78 is 29.4. The Morgan fingerprint density at radius 2 is 1.40 bits per heavy atom. The Morgan fingerprint density at radius 3 is 1.98 bits per heavy atom. The van der Waals surface area contributed by atoms with Crippen LogP contribution in [-0.4, -0.2) is 44.8 Å². The highest BCUT2D eigenvalue weighted by Gasteiger charge is 2.34. The van der Waals surface area contributed by atoms with Gasteiger partial charge >= 0.3 is 0 Å². The second-order valence-electron chi connectivity index (χ2n) is 10.6. The van der Waals surface area contributed by atoms with Crippen molar-refractivity contribution in [2.24, 2.45) is 0 Å². The molecule has 0 unspecified atom stereocenters. The van der Waals surface area contributed by atoms with Crippen molar-refractivity contribution in [2.75, 3.05) is 17.9 Å². The Hall–Kier alpha value is -4.14. The molecule has 43 heavy (non-hydrogen) atoms. The molecule has 0 saturated heterocycles. The van der Waals surface area contributed by atoms with Crippen LogP contribution in [0.2, 0.25) is 5.02 Å². The molecule has 4 rings (SSSR count). The maximum Gasteiger partial charge on any atom is 0.264 e. The summed E-state index contributed by atoms with van der Waals surface area (Å²) in [7, 11) is -2.63. The Labute approximate surface area is 259 Å². The van der Waals surface area contributed by atoms with Crippen molar-refractivity contribution in [3.63, 3.8) is 0 Å². The number of hydrogen-bond donors (Lipinski definition) is 1. The van der Waals surface area contributed by atoms with Crippen molar-refractivity contribution >= 4 is 39.1 Å². The van der Waals surface area contributed by atoms with Crippen LogP contribution < -0.4 is 9.62 Å². The fourth-order valence-corrected chi connectivity index (χ4v) is 6.49. The summed E-state index contributed by atoms with van der Waals surface area (Å²) in [5.74, 6) is -0.875. The lowest BCUT2D eigenvalue weighted by atomic mass is 10.0. The van der Waals surface area contributed by atoms with Gasteiger partial charge in [0.25, 0.3) is 10.0 Å². The topological polar surface area (TPSA) is 86.8 Å². The summed E-state index contributed by atoms with van der Waals surface area (Å²) in [5.41, 5.74) is 4.62. The van der Waals surface area contributed by atoms with Crippen molar-refractivity contribution in [2.45, 2.75) is 44.7 Å². The second kappa shape index (κ2) is 13.9. The monoisotopic (exact) mass is 617 g/mol. The van der Waals surface area contributed by atoms with E-state index in [4.69, 9.17) is 11.6 Å². The molecule has 0 aliphatic heterocycles. The van der Waals surface area contributed by atoms with Gasteiger partial charge in [0.2, 0.25) is 11.8 Å². The average Bonchev–Trinajstić information content (AvgIpc) is 2.98. The highest BCUT2D eigenvalue weighted by atomic mass is 35.5. The van der Waals surface area contributed by atoms with E-state index >= 15 is 0 Å². The number of carbonyl (C=O) groups excluding carboxylic acids is 2. The van der Waals surface area contributed by atoms with Crippen LogP contribution in [0, 0.1) is 20.8 Å². The normalized spacial score (nSPS) is 11.9. The molecule has 0 aliphatic rings. The number of nitrogens with zero attached hydrogens (tertiary/aromatic N) is 2. The van der Waals surface area contributed by atoms with Gasteiger partial charge in [0.15, 0.2) is 0 Å². The predicted molar refractivity (Wildman–Crippen MR) is 172 cm³/mol. The number of amides is 2. The third-order valence-corrected chi connectivity index (χ3v) is 9.21. The molecule has 4 aromatic carbocycles. The number of anilines is 1. The molecule has 7 nitrogen and oxygen atoms in total. The molecule has 2 amide bonds. The molecule has 1 N–H and O–H groups in total. The van der Waals surface area contributed by atoms with Crippen LogP contribution >= 0.6 is 11.6 Å². The first-order chi connectivity index (χ1) is 20.5. The van der Waals surface area contributed by atoms with Crippen molar-refractivity contribution < 1.29 is 18.0 Å². The fourth-order valence-electron chi connectivity index (χ4n) is 4.97. The molecule has 0 radical (unpaired) electrons. The van der Waals surface area contributed by atoms with Crippen molar-refractivity contribution in [1.82, 2.24) is 10.2 Å². The molecule has 9 heteroatoms. The number of rotatable bonds is 11. The molecule has 0 heterocycles. The van der Waals surface area contributed by atoms with Crippen LogP contribution in [0.5, 0.6) is 0 Å². The largest absolute Gasteiger partial charge is 0.357 e. The van der Waals surface area contributed by atoms with Gasteiger partial charge in [-0.1, -0.05) is 77.8 Å². The van der Waals surface area contributed by atoms with Crippen molar-refractivity contribution in [3.05, 3.63) is 130 Å². The lowest BCUT2D eigenvalue weighted by molar-refractivity contribution is -0.139. The molecule has 0 fully saturated rings. The van der Waals surface area contributed by atoms with Gasteiger partial charge in [0.1, 0.15) is 12.6 Å². The number of nitrogens with one attached hydrogen (secondary N) is 1. The molecule has 0 aliphatic carbocycles. The van der Waals surface area contributed by atoms with E-state index in [1.54, 1.807) is 60.7 Å². The molecule has 0 spiro atoms. The summed E-state index contributed by atoms with van der Waals surface area (Å²) in [6, 6.07) is 27.5. The molecular weight excluding hydrogens is 582 g/mol. The zero-order chi connectivity index (χ0) is 31.1. The number of halogens is 1. The zero-order valence-electron chi connectivity index (χ0n) is 24.7. The quantitative estimate of drug-likeness (QED) is 0.229. The van der Waals surface area contributed by atoms with E-state index < -0.39 is 28.5 Å². The van der Waals surface area contributed by atoms with Crippen LogP contribution in [0.25, 0.3) is 0 Å². The van der Waals surface area contributed by atoms with Gasteiger partial charge in [-0.05, 0) is 79.4 Å². The van der Waals surface area contributed by atoms with Crippen molar-refractivity contribution in [1.29, 1.82) is 0 Å². The minimum Gasteiger partial charge on any atom is -0.357 e. The minimum absolute atomic E-state index is 0.0708. The van der Waals surface area contributed by atoms with Crippen LogP contribution in [0.4, 0.5) is 5.69 Å². The maximum absolute atomic E-state index is 14.4. The summed E-state index contributed by atoms with van der Waals surface area (Å²) in [5, 5.41) is 3.23. The Kier molecular flexibility index (Phi) is 10.3. The lowest BCUT2D eigenvalue weighted by Crippen LogP contribution is -2.53. The minimum atomic E-state index is -4.15. The second-order valence-corrected chi connectivity index (χ2v) is 12.9. The van der Waals surface area contributed by atoms with E-state index in [-0.39, 0.29) is 23.8 Å². The number of hydrogen-bond acceptors (Lipinski definition) is 4. The summed E-state index contributed by atoms with van der Waals surface area (Å²) >= 11 is 6.12. The first-order valence-electron chi connectivity index (χ1n) is 13.9. The Morgan fingerprint density at radius 1 is 0.791 bits per heavy atom. The molecule has 224 valence electrons. The van der Waals surface area contributed by atoms with E-state index in [1.807, 2.05) is 57.2 Å². The molecular formula is C34H36ClN3O4S. The highest BCUT2D eigenvalue weighted by molar-refractivity contribution is 7.92. The van der Waals surface area contributed by atoms with Crippen LogP contribution in [0.15, 0.2) is 102 Å². The van der Waals surface area contributed by atoms with Crippen LogP contribution in [0.1, 0.15) is 27.8 Å². The van der Waals surface area contributed by atoms with E-state index in [0.717, 1.165) is 32.1 Å². The van der Waals surface area contributed by atoms with E-state index in [1.165, 1.54) is 11.9 Å². The van der Waals surface area contributed by atoms with Gasteiger partial charge in [-0.2, -0.15) is 0 Å². The summed E-state index contributed by atoms with van der Waals surface area (Å²) in [6.07, 6.45) is 0.244. The number of likely N-dealkylation sites (N-methyl/N-ethyl adjacent to an activating group) is 1. The van der Waals surface area contributed by atoms with Gasteiger partial charge in [-0.3, -0.25) is 13.9 Å². The van der Waals surface area contributed by atoms with Crippen LogP contribution in [0.3, 0.4) is 0 Å². The van der Waals surface area contributed by atoms with Gasteiger partial charge in [0, 0.05) is 25.0 Å². The number of carbonyl (C=O) groups is 2. The molecule has 0 bridgehead atoms. The van der Waals surface area contributed by atoms with E-state index in [2.05, 4.69) is 5.32 Å². The van der Waals surface area contributed by atoms with Gasteiger partial charge in [-0.15, -0.1) is 0 Å². The standard InChI is InChI=1S/C34H36ClN3O4S/c1-24-10-16-31(17-11-24)43(41,42)38(30-19-25(2)18-26(3)20-30)23-33(39)37(22-28-12-14-29(35)15-13-28)32(34(40)36-4)21-27-8-6-5-7-9-27/h5-20,32H,21-23H2,1-4H3,(H,36,40)/t32-/m0/s1. The number of benzene rings is 4.